The number of rotatable bonds is 5. The van der Waals surface area contributed by atoms with Crippen molar-refractivity contribution in [2.24, 2.45) is 0 Å². The Morgan fingerprint density at radius 1 is 1.12 bits per heavy atom. The van der Waals surface area contributed by atoms with Gasteiger partial charge in [-0.2, -0.15) is 4.98 Å². The first-order valence-corrected chi connectivity index (χ1v) is 8.34. The van der Waals surface area contributed by atoms with Gasteiger partial charge in [0.25, 0.3) is 0 Å². The van der Waals surface area contributed by atoms with E-state index in [2.05, 4.69) is 20.8 Å². The van der Waals surface area contributed by atoms with Crippen LogP contribution in [0.3, 0.4) is 0 Å². The van der Waals surface area contributed by atoms with Gasteiger partial charge >= 0.3 is 5.97 Å². The Morgan fingerprint density at radius 2 is 1.92 bits per heavy atom. The molecule has 0 radical (unpaired) electrons. The number of carbonyl (C=O) groups excluding carboxylic acids is 1. The summed E-state index contributed by atoms with van der Waals surface area (Å²) in [6.07, 6.45) is 2.28. The van der Waals surface area contributed by atoms with E-state index in [1.807, 2.05) is 30.5 Å². The Morgan fingerprint density at radius 3 is 2.69 bits per heavy atom. The molecule has 0 aliphatic heterocycles. The molecule has 2 aromatic carbocycles. The van der Waals surface area contributed by atoms with Crippen LogP contribution in [-0.2, 0) is 11.3 Å². The van der Waals surface area contributed by atoms with Gasteiger partial charge in [-0.15, -0.1) is 0 Å². The van der Waals surface area contributed by atoms with Crippen LogP contribution in [-0.4, -0.2) is 20.7 Å². The van der Waals surface area contributed by atoms with Gasteiger partial charge in [0.1, 0.15) is 5.75 Å². The molecule has 0 unspecified atom stereocenters. The molecule has 2 aromatic heterocycles. The van der Waals surface area contributed by atoms with Crippen molar-refractivity contribution < 1.29 is 14.1 Å². The number of hydrogen-bond acceptors (Lipinski definition) is 5. The summed E-state index contributed by atoms with van der Waals surface area (Å²) < 4.78 is 12.4. The third kappa shape index (κ3) is 3.35. The number of hydrogen-bond donors (Lipinski definition) is 0. The molecule has 130 valence electrons. The summed E-state index contributed by atoms with van der Waals surface area (Å²) in [5.41, 5.74) is 1.92. The van der Waals surface area contributed by atoms with Gasteiger partial charge in [-0.05, 0) is 41.8 Å². The van der Waals surface area contributed by atoms with Gasteiger partial charge in [-0.3, -0.25) is 4.79 Å². The number of carbonyl (C=O) groups is 1. The van der Waals surface area contributed by atoms with Crippen LogP contribution in [0.1, 0.15) is 12.3 Å². The van der Waals surface area contributed by atoms with Gasteiger partial charge in [-0.25, -0.2) is 0 Å². The fraction of sp³-hybridized carbons (Fsp3) is 0.150. The van der Waals surface area contributed by atoms with E-state index in [0.717, 1.165) is 16.5 Å². The number of fused-ring (bicyclic) bond motifs is 1. The smallest absolute Gasteiger partial charge is 0.312 e. The van der Waals surface area contributed by atoms with Gasteiger partial charge in [0.05, 0.1) is 6.42 Å². The molecule has 2 heterocycles. The van der Waals surface area contributed by atoms with Crippen LogP contribution < -0.4 is 4.74 Å². The fourth-order valence-corrected chi connectivity index (χ4v) is 2.82. The van der Waals surface area contributed by atoms with E-state index in [1.54, 1.807) is 31.2 Å². The van der Waals surface area contributed by atoms with Crippen molar-refractivity contribution in [2.75, 3.05) is 0 Å². The first-order chi connectivity index (χ1) is 12.7. The number of ether oxygens (including phenoxy) is 1. The van der Waals surface area contributed by atoms with Crippen LogP contribution in [0.2, 0.25) is 0 Å². The van der Waals surface area contributed by atoms with Crippen LogP contribution in [0.4, 0.5) is 0 Å². The highest BCUT2D eigenvalue weighted by Gasteiger charge is 2.09. The molecule has 0 aliphatic rings. The molecule has 0 bridgehead atoms. The Kier molecular flexibility index (Phi) is 4.23. The summed E-state index contributed by atoms with van der Waals surface area (Å²) in [5, 5.41) is 5.02. The lowest BCUT2D eigenvalue weighted by atomic mass is 10.2. The first kappa shape index (κ1) is 16.1. The van der Waals surface area contributed by atoms with Crippen molar-refractivity contribution in [3.05, 3.63) is 66.7 Å². The third-order valence-electron chi connectivity index (χ3n) is 4.11. The Bertz CT molecular complexity index is 1050. The number of benzene rings is 2. The van der Waals surface area contributed by atoms with Crippen molar-refractivity contribution >= 4 is 16.9 Å². The summed E-state index contributed by atoms with van der Waals surface area (Å²) in [6, 6.07) is 17.2. The normalized spacial score (nSPS) is 11.0. The standard InChI is InChI=1S/C20H17N3O3/c1-14-21-20(22-26-14)16-6-8-17(9-7-16)25-19(24)11-13-23-12-10-15-4-2-3-5-18(15)23/h2-10,12H,11,13H2,1H3. The molecule has 0 atom stereocenters. The van der Waals surface area contributed by atoms with Gasteiger partial charge in [0.15, 0.2) is 0 Å². The zero-order chi connectivity index (χ0) is 17.9. The molecule has 4 rings (SSSR count). The number of aryl methyl sites for hydroxylation is 2. The average Bonchev–Trinajstić information content (AvgIpc) is 3.27. The number of esters is 1. The molecule has 0 amide bonds. The summed E-state index contributed by atoms with van der Waals surface area (Å²) in [5.74, 6) is 1.25. The fourth-order valence-electron chi connectivity index (χ4n) is 2.82. The lowest BCUT2D eigenvalue weighted by Gasteiger charge is -2.07. The zero-order valence-electron chi connectivity index (χ0n) is 14.3. The van der Waals surface area contributed by atoms with Crippen molar-refractivity contribution in [3.8, 4) is 17.1 Å². The van der Waals surface area contributed by atoms with Gasteiger partial charge < -0.3 is 13.8 Å². The molecule has 26 heavy (non-hydrogen) atoms. The highest BCUT2D eigenvalue weighted by Crippen LogP contribution is 2.20. The number of aromatic nitrogens is 3. The predicted octanol–water partition coefficient (Wildman–Crippen LogP) is 4.00. The van der Waals surface area contributed by atoms with Crippen LogP contribution in [0.5, 0.6) is 5.75 Å². The molecule has 6 heteroatoms. The average molecular weight is 347 g/mol. The monoisotopic (exact) mass is 347 g/mol. The van der Waals surface area contributed by atoms with Crippen molar-refractivity contribution in [1.82, 2.24) is 14.7 Å². The Balaban J connectivity index is 1.37. The molecule has 0 aliphatic carbocycles. The van der Waals surface area contributed by atoms with E-state index >= 15 is 0 Å². The van der Waals surface area contributed by atoms with E-state index in [-0.39, 0.29) is 5.97 Å². The van der Waals surface area contributed by atoms with E-state index in [1.165, 1.54) is 0 Å². The second-order valence-electron chi connectivity index (χ2n) is 5.95. The third-order valence-corrected chi connectivity index (χ3v) is 4.11. The number of para-hydroxylation sites is 1. The minimum Gasteiger partial charge on any atom is -0.426 e. The van der Waals surface area contributed by atoms with Gasteiger partial charge in [0.2, 0.25) is 11.7 Å². The maximum Gasteiger partial charge on any atom is 0.312 e. The highest BCUT2D eigenvalue weighted by molar-refractivity contribution is 5.80. The molecule has 4 aromatic rings. The van der Waals surface area contributed by atoms with Crippen LogP contribution >= 0.6 is 0 Å². The Labute approximate surface area is 150 Å². The van der Waals surface area contributed by atoms with E-state index in [0.29, 0.717) is 30.4 Å². The number of nitrogens with zero attached hydrogens (tertiary/aromatic N) is 3. The van der Waals surface area contributed by atoms with Crippen LogP contribution in [0.25, 0.3) is 22.3 Å². The molecular formula is C20H17N3O3. The molecule has 0 spiro atoms. The van der Waals surface area contributed by atoms with Crippen LogP contribution in [0.15, 0.2) is 65.3 Å². The van der Waals surface area contributed by atoms with E-state index < -0.39 is 0 Å². The first-order valence-electron chi connectivity index (χ1n) is 8.34. The molecule has 0 N–H and O–H groups in total. The SMILES string of the molecule is Cc1nc(-c2ccc(OC(=O)CCn3ccc4ccccc43)cc2)no1. The summed E-state index contributed by atoms with van der Waals surface area (Å²) in [4.78, 5) is 16.3. The maximum atomic E-state index is 12.1. The minimum absolute atomic E-state index is 0.272. The van der Waals surface area contributed by atoms with E-state index in [9.17, 15) is 4.79 Å². The van der Waals surface area contributed by atoms with Crippen LogP contribution in [0, 0.1) is 6.92 Å². The Hall–Kier alpha value is -3.41. The van der Waals surface area contributed by atoms with Crippen molar-refractivity contribution in [1.29, 1.82) is 0 Å². The molecular weight excluding hydrogens is 330 g/mol. The molecule has 0 saturated heterocycles. The molecule has 0 fully saturated rings. The molecule has 6 nitrogen and oxygen atoms in total. The topological polar surface area (TPSA) is 70.2 Å². The van der Waals surface area contributed by atoms with Gasteiger partial charge in [-0.1, -0.05) is 23.4 Å². The van der Waals surface area contributed by atoms with Gasteiger partial charge in [0, 0.05) is 30.7 Å². The second-order valence-corrected chi connectivity index (χ2v) is 5.95. The predicted molar refractivity (Wildman–Crippen MR) is 96.7 cm³/mol. The largest absolute Gasteiger partial charge is 0.426 e. The lowest BCUT2D eigenvalue weighted by molar-refractivity contribution is -0.134. The quantitative estimate of drug-likeness (QED) is 0.403. The summed E-state index contributed by atoms with van der Waals surface area (Å²) in [7, 11) is 0. The van der Waals surface area contributed by atoms with Crippen molar-refractivity contribution in [2.45, 2.75) is 19.9 Å². The lowest BCUT2D eigenvalue weighted by Crippen LogP contribution is -2.11. The second kappa shape index (κ2) is 6.84. The highest BCUT2D eigenvalue weighted by atomic mass is 16.5. The zero-order valence-corrected chi connectivity index (χ0v) is 14.3. The molecule has 0 saturated carbocycles. The maximum absolute atomic E-state index is 12.1. The summed E-state index contributed by atoms with van der Waals surface area (Å²) >= 11 is 0. The van der Waals surface area contributed by atoms with Crippen molar-refractivity contribution in [3.63, 3.8) is 0 Å². The minimum atomic E-state index is -0.272. The summed E-state index contributed by atoms with van der Waals surface area (Å²) in [6.45, 7) is 2.31. The van der Waals surface area contributed by atoms with E-state index in [4.69, 9.17) is 9.26 Å².